The average Bonchev–Trinajstić information content (AvgIpc) is 3.57. The third-order valence-electron chi connectivity index (χ3n) is 7.80. The Morgan fingerprint density at radius 2 is 1.66 bits per heavy atom. The van der Waals surface area contributed by atoms with Crippen molar-refractivity contribution < 1.29 is 24.0 Å². The van der Waals surface area contributed by atoms with Crippen molar-refractivity contribution in [3.8, 4) is 0 Å². The number of hydrogen-bond donors (Lipinski definition) is 1. The number of anilines is 2. The van der Waals surface area contributed by atoms with Crippen LogP contribution in [0.25, 0.3) is 5.70 Å². The van der Waals surface area contributed by atoms with Crippen LogP contribution in [-0.2, 0) is 9.63 Å². The summed E-state index contributed by atoms with van der Waals surface area (Å²) in [7, 11) is 1.36. The molecule has 47 heavy (non-hydrogen) atoms. The first-order valence-corrected chi connectivity index (χ1v) is 15.2. The molecule has 9 nitrogen and oxygen atoms in total. The third kappa shape index (κ3) is 7.35. The summed E-state index contributed by atoms with van der Waals surface area (Å²) < 4.78 is 13.9. The summed E-state index contributed by atoms with van der Waals surface area (Å²) in [5.41, 5.74) is 4.99. The molecule has 0 bridgehead atoms. The molecule has 2 amide bonds. The monoisotopic (exact) mass is 633 g/mol. The first-order valence-electron chi connectivity index (χ1n) is 15.2. The Labute approximate surface area is 273 Å². The Morgan fingerprint density at radius 3 is 2.34 bits per heavy atom. The van der Waals surface area contributed by atoms with Gasteiger partial charge in [-0.05, 0) is 67.9 Å². The van der Waals surface area contributed by atoms with Gasteiger partial charge in [0.05, 0.1) is 35.9 Å². The molecule has 10 heteroatoms. The van der Waals surface area contributed by atoms with Crippen LogP contribution in [0.3, 0.4) is 0 Å². The van der Waals surface area contributed by atoms with Gasteiger partial charge in [-0.25, -0.2) is 19.3 Å². The van der Waals surface area contributed by atoms with Crippen LogP contribution >= 0.6 is 0 Å². The summed E-state index contributed by atoms with van der Waals surface area (Å²) in [6, 6.07) is 29.1. The fourth-order valence-corrected chi connectivity index (χ4v) is 5.41. The van der Waals surface area contributed by atoms with Gasteiger partial charge in [0.2, 0.25) is 5.91 Å². The number of imide groups is 1. The van der Waals surface area contributed by atoms with Crippen LogP contribution in [0.4, 0.5) is 15.8 Å². The lowest BCUT2D eigenvalue weighted by molar-refractivity contribution is -0.117. The molecule has 240 valence electrons. The van der Waals surface area contributed by atoms with Crippen molar-refractivity contribution in [2.24, 2.45) is 10.1 Å². The summed E-state index contributed by atoms with van der Waals surface area (Å²) in [5.74, 6) is -0.488. The molecule has 0 saturated carbocycles. The van der Waals surface area contributed by atoms with Gasteiger partial charge in [-0.15, -0.1) is 5.23 Å². The summed E-state index contributed by atoms with van der Waals surface area (Å²) in [6.45, 7) is 5.43. The number of benzene rings is 4. The SMILES string of the molecule is C/C=C(\N=C(C)N1N=C(c2cccc(N(O)OC)c2)CC1c1ccc(F)cc1)c1cccc(N(C(=O)CC)C(=O)c2ccccc2)c1. The van der Waals surface area contributed by atoms with E-state index in [1.54, 1.807) is 79.7 Å². The van der Waals surface area contributed by atoms with Gasteiger partial charge in [-0.1, -0.05) is 67.6 Å². The Bertz CT molecular complexity index is 1840. The summed E-state index contributed by atoms with van der Waals surface area (Å²) in [6.07, 6.45) is 2.50. The van der Waals surface area contributed by atoms with Crippen molar-refractivity contribution in [2.75, 3.05) is 17.2 Å². The van der Waals surface area contributed by atoms with Crippen molar-refractivity contribution >= 4 is 40.4 Å². The van der Waals surface area contributed by atoms with Gasteiger partial charge < -0.3 is 0 Å². The van der Waals surface area contributed by atoms with E-state index in [0.29, 0.717) is 45.7 Å². The highest BCUT2D eigenvalue weighted by Gasteiger charge is 2.31. The summed E-state index contributed by atoms with van der Waals surface area (Å²) in [5, 5.41) is 17.5. The van der Waals surface area contributed by atoms with Gasteiger partial charge in [0.1, 0.15) is 11.7 Å². The fraction of sp³-hybridized carbons (Fsp3) is 0.189. The number of halogens is 1. The zero-order chi connectivity index (χ0) is 33.5. The summed E-state index contributed by atoms with van der Waals surface area (Å²) >= 11 is 0. The third-order valence-corrected chi connectivity index (χ3v) is 7.80. The number of hydrogen-bond acceptors (Lipinski definition) is 7. The van der Waals surface area contributed by atoms with Gasteiger partial charge in [-0.3, -0.25) is 19.6 Å². The van der Waals surface area contributed by atoms with Crippen molar-refractivity contribution in [1.82, 2.24) is 5.01 Å². The second kappa shape index (κ2) is 14.8. The molecule has 1 unspecified atom stereocenters. The van der Waals surface area contributed by atoms with E-state index in [0.717, 1.165) is 16.8 Å². The minimum Gasteiger partial charge on any atom is -0.274 e. The van der Waals surface area contributed by atoms with Crippen LogP contribution in [-0.4, -0.2) is 40.7 Å². The molecule has 0 spiro atoms. The second-order valence-corrected chi connectivity index (χ2v) is 10.8. The average molecular weight is 634 g/mol. The van der Waals surface area contributed by atoms with Gasteiger partial charge >= 0.3 is 0 Å². The van der Waals surface area contributed by atoms with Gasteiger partial charge in [-0.2, -0.15) is 5.10 Å². The lowest BCUT2D eigenvalue weighted by atomic mass is 9.98. The van der Waals surface area contributed by atoms with Gasteiger partial charge in [0.25, 0.3) is 5.91 Å². The quantitative estimate of drug-likeness (QED) is 0.115. The van der Waals surface area contributed by atoms with E-state index < -0.39 is 5.91 Å². The van der Waals surface area contributed by atoms with E-state index in [9.17, 15) is 19.2 Å². The Morgan fingerprint density at radius 1 is 0.979 bits per heavy atom. The van der Waals surface area contributed by atoms with Crippen molar-refractivity contribution in [3.63, 3.8) is 0 Å². The van der Waals surface area contributed by atoms with Crippen LogP contribution in [0.1, 0.15) is 66.7 Å². The molecule has 4 aromatic rings. The number of hydrazone groups is 1. The summed E-state index contributed by atoms with van der Waals surface area (Å²) in [4.78, 5) is 37.6. The smallest absolute Gasteiger partial charge is 0.265 e. The number of amides is 2. The van der Waals surface area contributed by atoms with E-state index >= 15 is 0 Å². The molecule has 0 radical (unpaired) electrons. The molecule has 1 N–H and O–H groups in total. The van der Waals surface area contributed by atoms with Crippen LogP contribution in [0.2, 0.25) is 0 Å². The lowest BCUT2D eigenvalue weighted by Crippen LogP contribution is -2.36. The predicted octanol–water partition coefficient (Wildman–Crippen LogP) is 7.80. The maximum absolute atomic E-state index is 13.9. The topological polar surface area (TPSA) is 98.0 Å². The molecule has 1 heterocycles. The van der Waals surface area contributed by atoms with Crippen LogP contribution in [0.5, 0.6) is 0 Å². The van der Waals surface area contributed by atoms with Crippen molar-refractivity contribution in [1.29, 1.82) is 0 Å². The Hall–Kier alpha value is -5.45. The highest BCUT2D eigenvalue weighted by Crippen LogP contribution is 2.35. The molecule has 1 aliphatic rings. The van der Waals surface area contributed by atoms with E-state index in [1.165, 1.54) is 24.1 Å². The number of carbonyl (C=O) groups is 2. The largest absolute Gasteiger partial charge is 0.274 e. The number of rotatable bonds is 9. The minimum atomic E-state index is -0.406. The number of aliphatic imine (C=N–C) groups is 1. The first kappa shape index (κ1) is 32.9. The van der Waals surface area contributed by atoms with E-state index in [1.807, 2.05) is 43.1 Å². The molecular formula is C37H36FN5O4. The normalized spacial score (nSPS) is 15.0. The van der Waals surface area contributed by atoms with Gasteiger partial charge in [0.15, 0.2) is 0 Å². The molecule has 4 aromatic carbocycles. The van der Waals surface area contributed by atoms with Crippen LogP contribution in [0, 0.1) is 5.82 Å². The van der Waals surface area contributed by atoms with Crippen molar-refractivity contribution in [3.05, 3.63) is 137 Å². The Balaban J connectivity index is 1.51. The molecule has 0 saturated heterocycles. The molecule has 5 rings (SSSR count). The zero-order valence-electron chi connectivity index (χ0n) is 26.7. The zero-order valence-corrected chi connectivity index (χ0v) is 26.7. The highest BCUT2D eigenvalue weighted by atomic mass is 19.1. The first-order chi connectivity index (χ1) is 22.7. The number of carbonyl (C=O) groups excluding carboxylic acids is 2. The standard InChI is InChI=1S/C37H36FN5O4/c1-5-33(28-14-10-16-31(22-28)41(36(44)6-2)37(45)27-12-8-7-9-13-27)39-25(3)42-35(26-18-20-30(38)21-19-26)24-34(40-42)29-15-11-17-32(23-29)43(46)47-4/h5,7-23,35,46H,6,24H2,1-4H3/b33-5-,39-25?. The van der Waals surface area contributed by atoms with E-state index in [2.05, 4.69) is 0 Å². The Kier molecular flexibility index (Phi) is 10.3. The van der Waals surface area contributed by atoms with Crippen LogP contribution in [0.15, 0.2) is 119 Å². The maximum Gasteiger partial charge on any atom is 0.265 e. The predicted molar refractivity (Wildman–Crippen MR) is 182 cm³/mol. The van der Waals surface area contributed by atoms with E-state index in [-0.39, 0.29) is 24.2 Å². The lowest BCUT2D eigenvalue weighted by Gasteiger charge is -2.24. The van der Waals surface area contributed by atoms with Crippen molar-refractivity contribution in [2.45, 2.75) is 39.7 Å². The minimum absolute atomic E-state index is 0.154. The van der Waals surface area contributed by atoms with E-state index in [4.69, 9.17) is 14.9 Å². The van der Waals surface area contributed by atoms with Gasteiger partial charge in [0, 0.05) is 29.5 Å². The second-order valence-electron chi connectivity index (χ2n) is 10.8. The maximum atomic E-state index is 13.9. The molecule has 0 fully saturated rings. The molecule has 1 aliphatic heterocycles. The number of amidine groups is 1. The molecular weight excluding hydrogens is 597 g/mol. The molecule has 0 aliphatic carbocycles. The fourth-order valence-electron chi connectivity index (χ4n) is 5.41. The number of nitrogens with zero attached hydrogens (tertiary/aromatic N) is 5. The molecule has 1 atom stereocenters. The number of allylic oxidation sites excluding steroid dienone is 1. The van der Waals surface area contributed by atoms with Crippen LogP contribution < -0.4 is 10.1 Å². The molecule has 0 aromatic heterocycles. The highest BCUT2D eigenvalue weighted by molar-refractivity contribution is 6.21.